The quantitative estimate of drug-likeness (QED) is 0.751. The number of anilines is 1. The fourth-order valence-corrected chi connectivity index (χ4v) is 3.62. The fourth-order valence-electron chi connectivity index (χ4n) is 3.40. The summed E-state index contributed by atoms with van der Waals surface area (Å²) in [6.07, 6.45) is 2.52. The molecule has 1 saturated heterocycles. The Kier molecular flexibility index (Phi) is 6.75. The van der Waals surface area contributed by atoms with Crippen LogP contribution in [0.1, 0.15) is 29.5 Å². The zero-order valence-corrected chi connectivity index (χ0v) is 16.9. The van der Waals surface area contributed by atoms with Crippen molar-refractivity contribution in [3.05, 3.63) is 64.2 Å². The van der Waals surface area contributed by atoms with Crippen molar-refractivity contribution in [2.45, 2.75) is 33.2 Å². The Morgan fingerprint density at radius 1 is 1.11 bits per heavy atom. The molecule has 3 rings (SSSR count). The van der Waals surface area contributed by atoms with Gasteiger partial charge in [0.25, 0.3) is 0 Å². The lowest BCUT2D eigenvalue weighted by Crippen LogP contribution is -2.40. The summed E-state index contributed by atoms with van der Waals surface area (Å²) in [5.41, 5.74) is 4.14. The van der Waals surface area contributed by atoms with Crippen molar-refractivity contribution in [1.82, 2.24) is 9.80 Å². The van der Waals surface area contributed by atoms with Crippen molar-refractivity contribution in [2.24, 2.45) is 0 Å². The van der Waals surface area contributed by atoms with E-state index in [1.807, 2.05) is 24.0 Å². The second kappa shape index (κ2) is 9.25. The number of carbonyl (C=O) groups excluding carboxylic acids is 1. The molecule has 1 fully saturated rings. The van der Waals surface area contributed by atoms with E-state index in [4.69, 9.17) is 11.6 Å². The van der Waals surface area contributed by atoms with Gasteiger partial charge in [0, 0.05) is 30.3 Å². The zero-order valence-electron chi connectivity index (χ0n) is 16.2. The number of hydrogen-bond donors (Lipinski definition) is 1. The number of benzene rings is 2. The highest BCUT2D eigenvalue weighted by Gasteiger charge is 2.18. The molecule has 0 aliphatic carbocycles. The van der Waals surface area contributed by atoms with Crippen LogP contribution in [0.2, 0.25) is 5.02 Å². The monoisotopic (exact) mass is 385 g/mol. The molecular formula is C22H28ClN3O. The maximum absolute atomic E-state index is 13.0. The molecule has 5 heteroatoms. The van der Waals surface area contributed by atoms with Gasteiger partial charge in [0.1, 0.15) is 0 Å². The Morgan fingerprint density at radius 2 is 1.81 bits per heavy atom. The normalized spacial score (nSPS) is 14.3. The van der Waals surface area contributed by atoms with Gasteiger partial charge in [-0.3, -0.25) is 0 Å². The summed E-state index contributed by atoms with van der Waals surface area (Å²) in [7, 11) is 0. The third-order valence-electron chi connectivity index (χ3n) is 5.10. The molecule has 4 nitrogen and oxygen atoms in total. The number of amides is 2. The van der Waals surface area contributed by atoms with Crippen molar-refractivity contribution in [2.75, 3.05) is 31.5 Å². The van der Waals surface area contributed by atoms with Gasteiger partial charge in [0.2, 0.25) is 0 Å². The van der Waals surface area contributed by atoms with Gasteiger partial charge in [0.05, 0.1) is 0 Å². The summed E-state index contributed by atoms with van der Waals surface area (Å²) in [5, 5.41) is 3.73. The summed E-state index contributed by atoms with van der Waals surface area (Å²) < 4.78 is 0. The minimum atomic E-state index is -0.0693. The molecule has 1 aliphatic rings. The van der Waals surface area contributed by atoms with Crippen LogP contribution in [0.4, 0.5) is 10.5 Å². The van der Waals surface area contributed by atoms with Gasteiger partial charge >= 0.3 is 6.03 Å². The van der Waals surface area contributed by atoms with Crippen LogP contribution in [0, 0.1) is 13.8 Å². The molecule has 2 aromatic carbocycles. The number of aryl methyl sites for hydroxylation is 2. The maximum Gasteiger partial charge on any atom is 0.322 e. The smallest absolute Gasteiger partial charge is 0.319 e. The van der Waals surface area contributed by atoms with Crippen LogP contribution in [0.15, 0.2) is 42.5 Å². The molecule has 0 bridgehead atoms. The van der Waals surface area contributed by atoms with Crippen LogP contribution in [0.25, 0.3) is 0 Å². The summed E-state index contributed by atoms with van der Waals surface area (Å²) >= 11 is 6.03. The lowest BCUT2D eigenvalue weighted by atomic mass is 10.1. The molecule has 0 unspecified atom stereocenters. The predicted molar refractivity (Wildman–Crippen MR) is 112 cm³/mol. The number of nitrogens with one attached hydrogen (secondary N) is 1. The fraction of sp³-hybridized carbons (Fsp3) is 0.409. The Labute approximate surface area is 167 Å². The molecule has 1 N–H and O–H groups in total. The van der Waals surface area contributed by atoms with Crippen LogP contribution in [-0.4, -0.2) is 42.0 Å². The number of rotatable bonds is 6. The van der Waals surface area contributed by atoms with E-state index >= 15 is 0 Å². The summed E-state index contributed by atoms with van der Waals surface area (Å²) in [4.78, 5) is 17.3. The number of urea groups is 1. The van der Waals surface area contributed by atoms with Crippen molar-refractivity contribution < 1.29 is 4.79 Å². The largest absolute Gasteiger partial charge is 0.322 e. The molecule has 27 heavy (non-hydrogen) atoms. The van der Waals surface area contributed by atoms with E-state index in [0.29, 0.717) is 18.1 Å². The lowest BCUT2D eigenvalue weighted by Gasteiger charge is -2.26. The highest BCUT2D eigenvalue weighted by molar-refractivity contribution is 6.30. The van der Waals surface area contributed by atoms with Crippen LogP contribution in [-0.2, 0) is 6.54 Å². The topological polar surface area (TPSA) is 35.6 Å². The van der Waals surface area contributed by atoms with E-state index < -0.39 is 0 Å². The summed E-state index contributed by atoms with van der Waals surface area (Å²) in [5.74, 6) is 0. The third-order valence-corrected chi connectivity index (χ3v) is 5.33. The average molecular weight is 386 g/mol. The molecule has 0 saturated carbocycles. The zero-order chi connectivity index (χ0) is 19.2. The second-order valence-electron chi connectivity index (χ2n) is 7.35. The Hall–Kier alpha value is -2.04. The van der Waals surface area contributed by atoms with Gasteiger partial charge in [-0.05, 0) is 69.1 Å². The van der Waals surface area contributed by atoms with Crippen molar-refractivity contribution in [1.29, 1.82) is 0 Å². The molecule has 144 valence electrons. The van der Waals surface area contributed by atoms with Crippen molar-refractivity contribution in [3.63, 3.8) is 0 Å². The summed E-state index contributed by atoms with van der Waals surface area (Å²) in [6, 6.07) is 13.8. The molecule has 0 spiro atoms. The Balaban J connectivity index is 1.70. The van der Waals surface area contributed by atoms with Crippen LogP contribution in [0.3, 0.4) is 0 Å². The minimum absolute atomic E-state index is 0.0693. The van der Waals surface area contributed by atoms with E-state index in [2.05, 4.69) is 41.4 Å². The molecule has 1 aliphatic heterocycles. The number of carbonyl (C=O) groups is 1. The first-order valence-corrected chi connectivity index (χ1v) is 9.99. The first kappa shape index (κ1) is 19.7. The van der Waals surface area contributed by atoms with E-state index in [-0.39, 0.29) is 6.03 Å². The predicted octanol–water partition coefficient (Wildman–Crippen LogP) is 5.09. The third kappa shape index (κ3) is 5.72. The number of nitrogens with zero attached hydrogens (tertiary/aromatic N) is 2. The summed E-state index contributed by atoms with van der Waals surface area (Å²) in [6.45, 7) is 8.53. The first-order chi connectivity index (χ1) is 13.0. The maximum atomic E-state index is 13.0. The van der Waals surface area contributed by atoms with Gasteiger partial charge in [0.15, 0.2) is 0 Å². The van der Waals surface area contributed by atoms with Crippen molar-refractivity contribution in [3.8, 4) is 0 Å². The minimum Gasteiger partial charge on any atom is -0.319 e. The van der Waals surface area contributed by atoms with Crippen LogP contribution in [0.5, 0.6) is 0 Å². The second-order valence-corrected chi connectivity index (χ2v) is 7.78. The SMILES string of the molecule is Cc1ccc(CN(CCN2CCCC2)C(=O)Nc2ccc(Cl)cc2C)cc1. The molecule has 0 radical (unpaired) electrons. The van der Waals surface area contributed by atoms with Gasteiger partial charge in [-0.25, -0.2) is 4.79 Å². The molecule has 0 atom stereocenters. The van der Waals surface area contributed by atoms with Gasteiger partial charge < -0.3 is 15.1 Å². The van der Waals surface area contributed by atoms with Gasteiger partial charge in [-0.2, -0.15) is 0 Å². The van der Waals surface area contributed by atoms with Gasteiger partial charge in [-0.1, -0.05) is 41.4 Å². The average Bonchev–Trinajstić information content (AvgIpc) is 3.16. The number of likely N-dealkylation sites (tertiary alicyclic amines) is 1. The Morgan fingerprint density at radius 3 is 2.48 bits per heavy atom. The Bertz CT molecular complexity index is 770. The first-order valence-electron chi connectivity index (χ1n) is 9.61. The molecule has 2 aromatic rings. The van der Waals surface area contributed by atoms with E-state index in [1.165, 1.54) is 18.4 Å². The van der Waals surface area contributed by atoms with E-state index in [0.717, 1.165) is 36.4 Å². The van der Waals surface area contributed by atoms with E-state index in [9.17, 15) is 4.79 Å². The number of halogens is 1. The van der Waals surface area contributed by atoms with Crippen LogP contribution >= 0.6 is 11.6 Å². The standard InChI is InChI=1S/C22H28ClN3O/c1-17-5-7-19(8-6-17)16-26(14-13-25-11-3-4-12-25)22(27)24-21-10-9-20(23)15-18(21)2/h5-10,15H,3-4,11-14,16H2,1-2H3,(H,24,27). The van der Waals surface area contributed by atoms with E-state index in [1.54, 1.807) is 6.07 Å². The molecule has 1 heterocycles. The molecular weight excluding hydrogens is 358 g/mol. The number of hydrogen-bond acceptors (Lipinski definition) is 2. The van der Waals surface area contributed by atoms with Crippen LogP contribution < -0.4 is 5.32 Å². The molecule has 2 amide bonds. The van der Waals surface area contributed by atoms with Crippen molar-refractivity contribution >= 4 is 23.3 Å². The lowest BCUT2D eigenvalue weighted by molar-refractivity contribution is 0.198. The highest BCUT2D eigenvalue weighted by atomic mass is 35.5. The molecule has 0 aromatic heterocycles. The van der Waals surface area contributed by atoms with Gasteiger partial charge in [-0.15, -0.1) is 0 Å². The highest BCUT2D eigenvalue weighted by Crippen LogP contribution is 2.20.